The van der Waals surface area contributed by atoms with Crippen LogP contribution in [-0.2, 0) is 0 Å². The van der Waals surface area contributed by atoms with Crippen LogP contribution >= 0.6 is 0 Å². The van der Waals surface area contributed by atoms with Crippen LogP contribution < -0.4 is 4.74 Å². The molecular weight excluding hydrogens is 252 g/mol. The number of benzene rings is 2. The van der Waals surface area contributed by atoms with Crippen LogP contribution in [0.1, 0.15) is 12.5 Å². The number of fused-ring (bicyclic) bond motifs is 1. The lowest BCUT2D eigenvalue weighted by Gasteiger charge is -2.05. The number of nitriles is 1. The van der Waals surface area contributed by atoms with Gasteiger partial charge in [-0.3, -0.25) is 0 Å². The molecule has 1 aromatic heterocycles. The summed E-state index contributed by atoms with van der Waals surface area (Å²) in [6.45, 7) is 2.59. The lowest BCUT2D eigenvalue weighted by molar-refractivity contribution is 0.340. The second kappa shape index (κ2) is 5.02. The van der Waals surface area contributed by atoms with E-state index in [9.17, 15) is 0 Å². The molecule has 3 rings (SSSR count). The van der Waals surface area contributed by atoms with Gasteiger partial charge >= 0.3 is 0 Å². The van der Waals surface area contributed by atoms with Crippen LogP contribution in [0.2, 0.25) is 0 Å². The molecule has 98 valence electrons. The second-order valence-electron chi connectivity index (χ2n) is 4.24. The standard InChI is InChI=1S/C15H12N4O/c1-2-20-13-6-4-12(5-7-13)19-15-8-3-11(10-16)9-14(15)17-18-19/h3-9H,2H2,1H3. The smallest absolute Gasteiger partial charge is 0.119 e. The fourth-order valence-electron chi connectivity index (χ4n) is 2.03. The minimum Gasteiger partial charge on any atom is -0.494 e. The number of rotatable bonds is 3. The zero-order valence-electron chi connectivity index (χ0n) is 10.9. The second-order valence-corrected chi connectivity index (χ2v) is 4.24. The third-order valence-corrected chi connectivity index (χ3v) is 2.97. The number of hydrogen-bond acceptors (Lipinski definition) is 4. The summed E-state index contributed by atoms with van der Waals surface area (Å²) in [5.74, 6) is 0.826. The van der Waals surface area contributed by atoms with Crippen molar-refractivity contribution in [1.82, 2.24) is 15.0 Å². The molecule has 0 aliphatic rings. The molecule has 0 atom stereocenters. The van der Waals surface area contributed by atoms with Crippen LogP contribution in [0.5, 0.6) is 5.75 Å². The SMILES string of the molecule is CCOc1ccc(-n2nnc3cc(C#N)ccc32)cc1. The molecule has 0 N–H and O–H groups in total. The van der Waals surface area contributed by atoms with Gasteiger partial charge in [0.05, 0.1) is 29.4 Å². The summed E-state index contributed by atoms with van der Waals surface area (Å²) in [6.07, 6.45) is 0. The number of nitrogens with zero attached hydrogens (tertiary/aromatic N) is 4. The van der Waals surface area contributed by atoms with Crippen LogP contribution in [0.4, 0.5) is 0 Å². The lowest BCUT2D eigenvalue weighted by Crippen LogP contribution is -1.97. The van der Waals surface area contributed by atoms with Gasteiger partial charge in [0.25, 0.3) is 0 Å². The summed E-state index contributed by atoms with van der Waals surface area (Å²) in [4.78, 5) is 0. The van der Waals surface area contributed by atoms with Gasteiger partial charge in [0.2, 0.25) is 0 Å². The van der Waals surface area contributed by atoms with E-state index in [-0.39, 0.29) is 0 Å². The predicted molar refractivity (Wildman–Crippen MR) is 74.7 cm³/mol. The topological polar surface area (TPSA) is 63.7 Å². The molecule has 0 saturated carbocycles. The van der Waals surface area contributed by atoms with E-state index in [2.05, 4.69) is 16.4 Å². The van der Waals surface area contributed by atoms with Crippen molar-refractivity contribution in [3.63, 3.8) is 0 Å². The van der Waals surface area contributed by atoms with Gasteiger partial charge in [-0.25, -0.2) is 4.68 Å². The highest BCUT2D eigenvalue weighted by atomic mass is 16.5. The van der Waals surface area contributed by atoms with E-state index in [1.165, 1.54) is 0 Å². The average molecular weight is 264 g/mol. The fraction of sp³-hybridized carbons (Fsp3) is 0.133. The minimum absolute atomic E-state index is 0.580. The van der Waals surface area contributed by atoms with Crippen molar-refractivity contribution < 1.29 is 4.74 Å². The fourth-order valence-corrected chi connectivity index (χ4v) is 2.03. The van der Waals surface area contributed by atoms with Crippen molar-refractivity contribution in [3.05, 3.63) is 48.0 Å². The van der Waals surface area contributed by atoms with Crippen LogP contribution in [-0.4, -0.2) is 21.6 Å². The third kappa shape index (κ3) is 2.08. The van der Waals surface area contributed by atoms with Crippen LogP contribution in [0, 0.1) is 11.3 Å². The average Bonchev–Trinajstić information content (AvgIpc) is 2.91. The predicted octanol–water partition coefficient (Wildman–Crippen LogP) is 2.69. The molecule has 0 saturated heterocycles. The highest BCUT2D eigenvalue weighted by molar-refractivity contribution is 5.77. The molecule has 0 spiro atoms. The maximum absolute atomic E-state index is 8.88. The Bertz CT molecular complexity index is 784. The van der Waals surface area contributed by atoms with E-state index in [1.807, 2.05) is 37.3 Å². The maximum atomic E-state index is 8.88. The summed E-state index contributed by atoms with van der Waals surface area (Å²) in [7, 11) is 0. The Hall–Kier alpha value is -2.87. The quantitative estimate of drug-likeness (QED) is 0.729. The van der Waals surface area contributed by atoms with Crippen LogP contribution in [0.25, 0.3) is 16.7 Å². The van der Waals surface area contributed by atoms with Crippen molar-refractivity contribution in [3.8, 4) is 17.5 Å². The highest BCUT2D eigenvalue weighted by Gasteiger charge is 2.07. The highest BCUT2D eigenvalue weighted by Crippen LogP contribution is 2.19. The number of ether oxygens (including phenoxy) is 1. The Morgan fingerprint density at radius 1 is 1.20 bits per heavy atom. The normalized spacial score (nSPS) is 10.4. The lowest BCUT2D eigenvalue weighted by atomic mass is 10.2. The molecule has 0 bridgehead atoms. The van der Waals surface area contributed by atoms with Gasteiger partial charge in [0.15, 0.2) is 0 Å². The summed E-state index contributed by atoms with van der Waals surface area (Å²) in [5.41, 5.74) is 3.06. The Kier molecular flexibility index (Phi) is 3.05. The van der Waals surface area contributed by atoms with Crippen LogP contribution in [0.15, 0.2) is 42.5 Å². The van der Waals surface area contributed by atoms with Gasteiger partial charge in [0.1, 0.15) is 11.3 Å². The Balaban J connectivity index is 2.04. The van der Waals surface area contributed by atoms with Gasteiger partial charge < -0.3 is 4.74 Å². The van der Waals surface area contributed by atoms with E-state index < -0.39 is 0 Å². The first-order chi connectivity index (χ1) is 9.81. The van der Waals surface area contributed by atoms with Crippen LogP contribution in [0.3, 0.4) is 0 Å². The Morgan fingerprint density at radius 3 is 2.70 bits per heavy atom. The molecule has 1 heterocycles. The molecular formula is C15H12N4O. The molecule has 0 unspecified atom stereocenters. The number of hydrogen-bond donors (Lipinski definition) is 0. The van der Waals surface area contributed by atoms with Crippen molar-refractivity contribution in [2.24, 2.45) is 0 Å². The Labute approximate surface area is 116 Å². The molecule has 5 heteroatoms. The van der Waals surface area contributed by atoms with Crippen molar-refractivity contribution in [2.75, 3.05) is 6.61 Å². The molecule has 3 aromatic rings. The van der Waals surface area contributed by atoms with Gasteiger partial charge in [-0.05, 0) is 49.4 Å². The van der Waals surface area contributed by atoms with Crippen molar-refractivity contribution in [2.45, 2.75) is 6.92 Å². The van der Waals surface area contributed by atoms with Crippen molar-refractivity contribution >= 4 is 11.0 Å². The maximum Gasteiger partial charge on any atom is 0.119 e. The molecule has 5 nitrogen and oxygen atoms in total. The minimum atomic E-state index is 0.580. The first-order valence-corrected chi connectivity index (χ1v) is 6.30. The molecule has 0 radical (unpaired) electrons. The monoisotopic (exact) mass is 264 g/mol. The first kappa shape index (κ1) is 12.2. The molecule has 0 fully saturated rings. The molecule has 2 aromatic carbocycles. The molecule has 0 aliphatic carbocycles. The first-order valence-electron chi connectivity index (χ1n) is 6.30. The van der Waals surface area contributed by atoms with E-state index in [0.717, 1.165) is 17.0 Å². The summed E-state index contributed by atoms with van der Waals surface area (Å²) < 4.78 is 7.16. The van der Waals surface area contributed by atoms with Gasteiger partial charge in [-0.1, -0.05) is 5.21 Å². The zero-order chi connectivity index (χ0) is 13.9. The molecule has 0 amide bonds. The van der Waals surface area contributed by atoms with E-state index in [1.54, 1.807) is 16.8 Å². The summed E-state index contributed by atoms with van der Waals surface area (Å²) in [6, 6.07) is 15.1. The summed E-state index contributed by atoms with van der Waals surface area (Å²) in [5, 5.41) is 17.1. The molecule has 0 aliphatic heterocycles. The van der Waals surface area contributed by atoms with E-state index in [4.69, 9.17) is 10.00 Å². The summed E-state index contributed by atoms with van der Waals surface area (Å²) >= 11 is 0. The largest absolute Gasteiger partial charge is 0.494 e. The van der Waals surface area contributed by atoms with Gasteiger partial charge in [0, 0.05) is 0 Å². The van der Waals surface area contributed by atoms with E-state index in [0.29, 0.717) is 17.7 Å². The van der Waals surface area contributed by atoms with Crippen molar-refractivity contribution in [1.29, 1.82) is 5.26 Å². The van der Waals surface area contributed by atoms with Gasteiger partial charge in [-0.15, -0.1) is 5.10 Å². The molecule has 20 heavy (non-hydrogen) atoms. The third-order valence-electron chi connectivity index (χ3n) is 2.97. The zero-order valence-corrected chi connectivity index (χ0v) is 10.9. The number of aromatic nitrogens is 3. The van der Waals surface area contributed by atoms with Gasteiger partial charge in [-0.2, -0.15) is 5.26 Å². The Morgan fingerprint density at radius 2 is 2.00 bits per heavy atom. The van der Waals surface area contributed by atoms with E-state index >= 15 is 0 Å².